The maximum absolute atomic E-state index is 11.6. The van der Waals surface area contributed by atoms with E-state index in [4.69, 9.17) is 0 Å². The largest absolute Gasteiger partial charge is 0.322 e. The summed E-state index contributed by atoms with van der Waals surface area (Å²) in [5.41, 5.74) is 5.07. The number of amides is 1. The summed E-state index contributed by atoms with van der Waals surface area (Å²) < 4.78 is 0. The minimum atomic E-state index is -1.30. The van der Waals surface area contributed by atoms with Crippen molar-refractivity contribution in [3.05, 3.63) is 41.1 Å². The third-order valence-electron chi connectivity index (χ3n) is 2.29. The van der Waals surface area contributed by atoms with E-state index in [-0.39, 0.29) is 5.91 Å². The molecule has 1 aliphatic heterocycles. The zero-order chi connectivity index (χ0) is 11.1. The second-order valence-electron chi connectivity index (χ2n) is 4.92. The molecule has 0 bridgehead atoms. The smallest absolute Gasteiger partial charge is 0.256 e. The molecule has 0 radical (unpaired) electrons. The highest BCUT2D eigenvalue weighted by Gasteiger charge is 2.24. The molecule has 0 unspecified atom stereocenters. The van der Waals surface area contributed by atoms with Crippen LogP contribution in [0.15, 0.2) is 30.0 Å². The number of nitrogens with one attached hydrogen (secondary N) is 1. The van der Waals surface area contributed by atoms with Gasteiger partial charge in [-0.25, -0.2) is 0 Å². The second-order valence-corrected chi connectivity index (χ2v) is 9.94. The molecule has 0 saturated carbocycles. The van der Waals surface area contributed by atoms with Crippen molar-refractivity contribution in [3.8, 4) is 0 Å². The summed E-state index contributed by atoms with van der Waals surface area (Å²) in [7, 11) is -1.30. The number of benzene rings is 1. The lowest BCUT2D eigenvalue weighted by Gasteiger charge is -2.11. The molecule has 2 rings (SSSR count). The Balaban J connectivity index is 2.50. The first-order chi connectivity index (χ1) is 6.97. The highest BCUT2D eigenvalue weighted by atomic mass is 28.3. The summed E-state index contributed by atoms with van der Waals surface area (Å²) in [5, 5.41) is 2.93. The lowest BCUT2D eigenvalue weighted by atomic mass is 10.1. The van der Waals surface area contributed by atoms with Crippen LogP contribution in [0, 0.1) is 0 Å². The number of fused-ring (bicyclic) bond motifs is 1. The van der Waals surface area contributed by atoms with E-state index in [1.807, 2.05) is 24.3 Å². The van der Waals surface area contributed by atoms with Gasteiger partial charge in [0.1, 0.15) is 0 Å². The molecule has 1 amide bonds. The number of hydrogen-bond donors (Lipinski definition) is 1. The molecule has 0 saturated heterocycles. The monoisotopic (exact) mass is 217 g/mol. The van der Waals surface area contributed by atoms with E-state index >= 15 is 0 Å². The molecule has 1 heterocycles. The Morgan fingerprint density at radius 3 is 2.33 bits per heavy atom. The molecule has 0 aromatic heterocycles. The SMILES string of the molecule is C[Si](C)(C)/C=C1\NC(=O)c2ccccc21. The molecule has 2 nitrogen and oxygen atoms in total. The summed E-state index contributed by atoms with van der Waals surface area (Å²) >= 11 is 0. The Bertz CT molecular complexity index is 443. The van der Waals surface area contributed by atoms with Crippen LogP contribution in [0.5, 0.6) is 0 Å². The first-order valence-electron chi connectivity index (χ1n) is 5.11. The standard InChI is InChI=1S/C12H15NOSi/c1-15(2,3)8-11-9-6-4-5-7-10(9)12(14)13-11/h4-8H,1-3H3,(H,13,14)/b11-8-. The first kappa shape index (κ1) is 10.2. The van der Waals surface area contributed by atoms with Crippen LogP contribution in [0.25, 0.3) is 5.70 Å². The van der Waals surface area contributed by atoms with Gasteiger partial charge < -0.3 is 5.32 Å². The zero-order valence-corrected chi connectivity index (χ0v) is 10.3. The van der Waals surface area contributed by atoms with Crippen LogP contribution in [0.3, 0.4) is 0 Å². The van der Waals surface area contributed by atoms with Gasteiger partial charge in [-0.2, -0.15) is 0 Å². The summed E-state index contributed by atoms with van der Waals surface area (Å²) in [6.45, 7) is 6.77. The molecule has 3 heteroatoms. The van der Waals surface area contributed by atoms with E-state index in [1.54, 1.807) is 0 Å². The van der Waals surface area contributed by atoms with Gasteiger partial charge >= 0.3 is 0 Å². The van der Waals surface area contributed by atoms with Gasteiger partial charge in [-0.3, -0.25) is 4.79 Å². The molecule has 1 aromatic carbocycles. The molecular formula is C12H15NOSi. The van der Waals surface area contributed by atoms with Crippen LogP contribution < -0.4 is 5.32 Å². The number of hydrogen-bond acceptors (Lipinski definition) is 1. The normalized spacial score (nSPS) is 17.8. The van der Waals surface area contributed by atoms with Crippen molar-refractivity contribution >= 4 is 19.7 Å². The van der Waals surface area contributed by atoms with Crippen LogP contribution in [-0.2, 0) is 0 Å². The van der Waals surface area contributed by atoms with Gasteiger partial charge in [0, 0.05) is 16.8 Å². The lowest BCUT2D eigenvalue weighted by Crippen LogP contribution is -2.20. The fourth-order valence-corrected chi connectivity index (χ4v) is 2.81. The zero-order valence-electron chi connectivity index (χ0n) is 9.29. The molecule has 15 heavy (non-hydrogen) atoms. The molecule has 0 atom stereocenters. The number of rotatable bonds is 1. The maximum atomic E-state index is 11.6. The van der Waals surface area contributed by atoms with E-state index in [9.17, 15) is 4.79 Å². The number of carbonyl (C=O) groups is 1. The van der Waals surface area contributed by atoms with Gasteiger partial charge in [-0.05, 0) is 6.07 Å². The highest BCUT2D eigenvalue weighted by Crippen LogP contribution is 2.25. The van der Waals surface area contributed by atoms with Gasteiger partial charge in [0.2, 0.25) is 0 Å². The van der Waals surface area contributed by atoms with Crippen molar-refractivity contribution in [3.63, 3.8) is 0 Å². The summed E-state index contributed by atoms with van der Waals surface area (Å²) in [6.07, 6.45) is 0. The van der Waals surface area contributed by atoms with Gasteiger partial charge in [0.05, 0.1) is 8.07 Å². The van der Waals surface area contributed by atoms with Crippen LogP contribution in [0.4, 0.5) is 0 Å². The van der Waals surface area contributed by atoms with E-state index in [1.165, 1.54) is 0 Å². The van der Waals surface area contributed by atoms with Gasteiger partial charge in [-0.1, -0.05) is 43.5 Å². The van der Waals surface area contributed by atoms with E-state index in [0.717, 1.165) is 16.8 Å². The Morgan fingerprint density at radius 2 is 1.73 bits per heavy atom. The van der Waals surface area contributed by atoms with Gasteiger partial charge in [0.25, 0.3) is 5.91 Å². The fourth-order valence-electron chi connectivity index (χ4n) is 1.72. The van der Waals surface area contributed by atoms with Crippen molar-refractivity contribution in [2.75, 3.05) is 0 Å². The predicted molar refractivity (Wildman–Crippen MR) is 65.2 cm³/mol. The van der Waals surface area contributed by atoms with Crippen LogP contribution >= 0.6 is 0 Å². The quantitative estimate of drug-likeness (QED) is 0.720. The summed E-state index contributed by atoms with van der Waals surface area (Å²) in [5.74, 6) is 0.0232. The molecule has 0 aliphatic carbocycles. The molecule has 78 valence electrons. The molecule has 0 fully saturated rings. The maximum Gasteiger partial charge on any atom is 0.256 e. The average Bonchev–Trinajstić information content (AvgIpc) is 2.42. The van der Waals surface area contributed by atoms with Crippen LogP contribution in [-0.4, -0.2) is 14.0 Å². The fraction of sp³-hybridized carbons (Fsp3) is 0.250. The van der Waals surface area contributed by atoms with Crippen LogP contribution in [0.1, 0.15) is 15.9 Å². The van der Waals surface area contributed by atoms with Crippen molar-refractivity contribution in [1.82, 2.24) is 5.32 Å². The third kappa shape index (κ3) is 2.02. The Hall–Kier alpha value is -1.35. The molecule has 1 aliphatic rings. The first-order valence-corrected chi connectivity index (χ1v) is 8.69. The third-order valence-corrected chi connectivity index (χ3v) is 3.44. The molecule has 1 N–H and O–H groups in total. The minimum absolute atomic E-state index is 0.0232. The van der Waals surface area contributed by atoms with Crippen molar-refractivity contribution < 1.29 is 4.79 Å². The summed E-state index contributed by atoms with van der Waals surface area (Å²) in [6, 6.07) is 7.74. The molecule has 1 aromatic rings. The van der Waals surface area contributed by atoms with Gasteiger partial charge in [-0.15, -0.1) is 0 Å². The Morgan fingerprint density at radius 1 is 1.13 bits per heavy atom. The van der Waals surface area contributed by atoms with Crippen molar-refractivity contribution in [2.45, 2.75) is 19.6 Å². The highest BCUT2D eigenvalue weighted by molar-refractivity contribution is 6.81. The Labute approximate surface area is 91.0 Å². The lowest BCUT2D eigenvalue weighted by molar-refractivity contribution is 0.0981. The summed E-state index contributed by atoms with van der Waals surface area (Å²) in [4.78, 5) is 11.6. The molecule has 0 spiro atoms. The van der Waals surface area contributed by atoms with Crippen molar-refractivity contribution in [1.29, 1.82) is 0 Å². The van der Waals surface area contributed by atoms with E-state index in [0.29, 0.717) is 0 Å². The van der Waals surface area contributed by atoms with E-state index < -0.39 is 8.07 Å². The number of carbonyl (C=O) groups excluding carboxylic acids is 1. The van der Waals surface area contributed by atoms with Gasteiger partial charge in [0.15, 0.2) is 0 Å². The predicted octanol–water partition coefficient (Wildman–Crippen LogP) is 2.65. The second kappa shape index (κ2) is 3.34. The topological polar surface area (TPSA) is 29.1 Å². The minimum Gasteiger partial charge on any atom is -0.322 e. The van der Waals surface area contributed by atoms with E-state index in [2.05, 4.69) is 30.7 Å². The molecular weight excluding hydrogens is 202 g/mol. The Kier molecular flexibility index (Phi) is 2.27. The van der Waals surface area contributed by atoms with Crippen molar-refractivity contribution in [2.24, 2.45) is 0 Å². The van der Waals surface area contributed by atoms with Crippen LogP contribution in [0.2, 0.25) is 19.6 Å². The average molecular weight is 217 g/mol.